The van der Waals surface area contributed by atoms with Crippen molar-refractivity contribution in [3.63, 3.8) is 0 Å². The average molecular weight is 307 g/mol. The summed E-state index contributed by atoms with van der Waals surface area (Å²) in [6.45, 7) is 0. The quantitative estimate of drug-likeness (QED) is 0.878. The molecule has 1 rings (SSSR count). The minimum absolute atomic E-state index is 0.0327. The number of carboxylic acids is 1. The Kier molecular flexibility index (Phi) is 4.74. The lowest BCUT2D eigenvalue weighted by Crippen LogP contribution is -2.00. The van der Waals surface area contributed by atoms with Gasteiger partial charge in [0.25, 0.3) is 0 Å². The second kappa shape index (κ2) is 5.86. The fourth-order valence-corrected chi connectivity index (χ4v) is 2.06. The van der Waals surface area contributed by atoms with Gasteiger partial charge in [-0.25, -0.2) is 4.39 Å². The van der Waals surface area contributed by atoms with Crippen molar-refractivity contribution in [3.8, 4) is 11.5 Å². The summed E-state index contributed by atoms with van der Waals surface area (Å²) in [7, 11) is 1.26. The number of halogens is 2. The van der Waals surface area contributed by atoms with Crippen LogP contribution in [0.25, 0.3) is 0 Å². The summed E-state index contributed by atoms with van der Waals surface area (Å²) in [6, 6.07) is 1.33. The van der Waals surface area contributed by atoms with Gasteiger partial charge in [0.2, 0.25) is 0 Å². The van der Waals surface area contributed by atoms with Crippen molar-refractivity contribution in [2.75, 3.05) is 7.11 Å². The number of hydrogen-bond donors (Lipinski definition) is 2. The van der Waals surface area contributed by atoms with Crippen molar-refractivity contribution in [1.82, 2.24) is 0 Å². The Hall–Kier alpha value is -1.30. The van der Waals surface area contributed by atoms with Crippen molar-refractivity contribution in [2.24, 2.45) is 0 Å². The molecule has 0 aliphatic heterocycles. The van der Waals surface area contributed by atoms with Gasteiger partial charge in [-0.2, -0.15) is 0 Å². The Balaban J connectivity index is 2.94. The van der Waals surface area contributed by atoms with E-state index in [-0.39, 0.29) is 24.3 Å². The number of carbonyl (C=O) groups is 1. The van der Waals surface area contributed by atoms with Crippen LogP contribution in [0.3, 0.4) is 0 Å². The van der Waals surface area contributed by atoms with E-state index in [1.54, 1.807) is 0 Å². The van der Waals surface area contributed by atoms with Gasteiger partial charge < -0.3 is 14.9 Å². The maximum absolute atomic E-state index is 13.9. The Morgan fingerprint density at radius 2 is 2.24 bits per heavy atom. The topological polar surface area (TPSA) is 66.8 Å². The van der Waals surface area contributed by atoms with Crippen LogP contribution < -0.4 is 4.74 Å². The van der Waals surface area contributed by atoms with Crippen LogP contribution in [0.1, 0.15) is 18.4 Å². The van der Waals surface area contributed by atoms with Crippen molar-refractivity contribution in [1.29, 1.82) is 0 Å². The van der Waals surface area contributed by atoms with Gasteiger partial charge in [0, 0.05) is 16.5 Å². The summed E-state index contributed by atoms with van der Waals surface area (Å²) < 4.78 is 19.0. The maximum atomic E-state index is 13.9. The van der Waals surface area contributed by atoms with Gasteiger partial charge in [-0.1, -0.05) is 15.9 Å². The average Bonchev–Trinajstić information content (AvgIpc) is 2.22. The molecule has 0 fully saturated rings. The lowest BCUT2D eigenvalue weighted by Gasteiger charge is -2.11. The predicted molar refractivity (Wildman–Crippen MR) is 62.9 cm³/mol. The number of hydrogen-bond acceptors (Lipinski definition) is 3. The third kappa shape index (κ3) is 3.33. The first-order chi connectivity index (χ1) is 7.97. The van der Waals surface area contributed by atoms with Gasteiger partial charge in [-0.05, 0) is 18.9 Å². The van der Waals surface area contributed by atoms with E-state index in [9.17, 15) is 14.3 Å². The highest BCUT2D eigenvalue weighted by atomic mass is 79.9. The van der Waals surface area contributed by atoms with E-state index >= 15 is 0 Å². The van der Waals surface area contributed by atoms with Gasteiger partial charge in [0.05, 0.1) is 7.11 Å². The SMILES string of the molecule is COc1c(O)cc(Br)c(CCCC(=O)O)c1F. The second-order valence-electron chi connectivity index (χ2n) is 3.45. The van der Waals surface area contributed by atoms with Crippen LogP contribution in [0.4, 0.5) is 4.39 Å². The van der Waals surface area contributed by atoms with Gasteiger partial charge >= 0.3 is 5.97 Å². The molecule has 17 heavy (non-hydrogen) atoms. The molecule has 0 bridgehead atoms. The zero-order valence-electron chi connectivity index (χ0n) is 9.17. The summed E-state index contributed by atoms with van der Waals surface area (Å²) in [5, 5.41) is 17.9. The number of ether oxygens (including phenoxy) is 1. The Morgan fingerprint density at radius 3 is 2.76 bits per heavy atom. The first-order valence-electron chi connectivity index (χ1n) is 4.93. The molecule has 0 unspecified atom stereocenters. The largest absolute Gasteiger partial charge is 0.504 e. The molecule has 0 spiro atoms. The molecule has 2 N–H and O–H groups in total. The summed E-state index contributed by atoms with van der Waals surface area (Å²) in [5.41, 5.74) is 0.306. The molecule has 1 aromatic rings. The van der Waals surface area contributed by atoms with Crippen LogP contribution in [-0.4, -0.2) is 23.3 Å². The summed E-state index contributed by atoms with van der Waals surface area (Å²) in [5.74, 6) is -2.10. The van der Waals surface area contributed by atoms with Gasteiger partial charge in [0.1, 0.15) is 0 Å². The number of phenols is 1. The highest BCUT2D eigenvalue weighted by Crippen LogP contribution is 2.36. The van der Waals surface area contributed by atoms with Gasteiger partial charge in [-0.15, -0.1) is 0 Å². The molecule has 1 aromatic carbocycles. The molecule has 0 saturated heterocycles. The minimum atomic E-state index is -0.924. The fourth-order valence-electron chi connectivity index (χ4n) is 1.47. The number of phenolic OH excluding ortho intramolecular Hbond substituents is 1. The zero-order chi connectivity index (χ0) is 13.0. The van der Waals surface area contributed by atoms with Gasteiger partial charge in [0.15, 0.2) is 17.3 Å². The van der Waals surface area contributed by atoms with Crippen LogP contribution in [-0.2, 0) is 11.2 Å². The smallest absolute Gasteiger partial charge is 0.303 e. The van der Waals surface area contributed by atoms with Crippen LogP contribution >= 0.6 is 15.9 Å². The number of benzene rings is 1. The van der Waals surface area contributed by atoms with Gasteiger partial charge in [-0.3, -0.25) is 4.79 Å². The van der Waals surface area contributed by atoms with E-state index in [1.165, 1.54) is 13.2 Å². The summed E-state index contributed by atoms with van der Waals surface area (Å²) in [4.78, 5) is 10.4. The maximum Gasteiger partial charge on any atom is 0.303 e. The molecule has 0 atom stereocenters. The van der Waals surface area contributed by atoms with Crippen LogP contribution in [0.5, 0.6) is 11.5 Å². The third-order valence-electron chi connectivity index (χ3n) is 2.27. The Morgan fingerprint density at radius 1 is 1.59 bits per heavy atom. The van der Waals surface area contributed by atoms with Crippen LogP contribution in [0.15, 0.2) is 10.5 Å². The van der Waals surface area contributed by atoms with Crippen molar-refractivity contribution >= 4 is 21.9 Å². The molecular formula is C11H12BrFO4. The van der Waals surface area contributed by atoms with E-state index in [0.29, 0.717) is 16.5 Å². The number of aromatic hydroxyl groups is 1. The van der Waals surface area contributed by atoms with E-state index in [1.807, 2.05) is 0 Å². The number of aliphatic carboxylic acids is 1. The monoisotopic (exact) mass is 306 g/mol. The number of methoxy groups -OCH3 is 1. The van der Waals surface area contributed by atoms with Crippen molar-refractivity contribution in [2.45, 2.75) is 19.3 Å². The third-order valence-corrected chi connectivity index (χ3v) is 2.98. The molecule has 0 heterocycles. The molecule has 0 aromatic heterocycles. The Labute approximate surface area is 106 Å². The van der Waals surface area contributed by atoms with E-state index in [0.717, 1.165) is 0 Å². The molecule has 0 amide bonds. The normalized spacial score (nSPS) is 10.3. The molecule has 0 saturated carbocycles. The van der Waals surface area contributed by atoms with E-state index in [2.05, 4.69) is 15.9 Å². The minimum Gasteiger partial charge on any atom is -0.504 e. The van der Waals surface area contributed by atoms with E-state index < -0.39 is 11.8 Å². The number of carboxylic acid groups (broad SMARTS) is 1. The summed E-state index contributed by atoms with van der Waals surface area (Å²) in [6.07, 6.45) is 0.545. The lowest BCUT2D eigenvalue weighted by atomic mass is 10.1. The number of rotatable bonds is 5. The first kappa shape index (κ1) is 13.8. The molecule has 0 radical (unpaired) electrons. The zero-order valence-corrected chi connectivity index (χ0v) is 10.8. The second-order valence-corrected chi connectivity index (χ2v) is 4.30. The van der Waals surface area contributed by atoms with Crippen molar-refractivity contribution < 1.29 is 24.1 Å². The molecular weight excluding hydrogens is 295 g/mol. The fraction of sp³-hybridized carbons (Fsp3) is 0.364. The van der Waals surface area contributed by atoms with E-state index in [4.69, 9.17) is 9.84 Å². The first-order valence-corrected chi connectivity index (χ1v) is 5.72. The molecule has 94 valence electrons. The Bertz CT molecular complexity index is 434. The van der Waals surface area contributed by atoms with Crippen LogP contribution in [0, 0.1) is 5.82 Å². The predicted octanol–water partition coefficient (Wildman–Crippen LogP) is 2.71. The standard InChI is InChI=1S/C11H12BrFO4/c1-17-11-8(14)5-7(12)6(10(11)13)3-2-4-9(15)16/h5,14H,2-4H2,1H3,(H,15,16). The molecule has 0 aliphatic rings. The molecule has 0 aliphatic carbocycles. The molecule has 6 heteroatoms. The highest BCUT2D eigenvalue weighted by molar-refractivity contribution is 9.10. The van der Waals surface area contributed by atoms with Crippen LogP contribution in [0.2, 0.25) is 0 Å². The molecule has 4 nitrogen and oxygen atoms in total. The van der Waals surface area contributed by atoms with Crippen molar-refractivity contribution in [3.05, 3.63) is 21.9 Å². The summed E-state index contributed by atoms with van der Waals surface area (Å²) >= 11 is 3.13. The lowest BCUT2D eigenvalue weighted by molar-refractivity contribution is -0.137. The highest BCUT2D eigenvalue weighted by Gasteiger charge is 2.17.